The maximum atomic E-state index is 12.2. The van der Waals surface area contributed by atoms with Crippen LogP contribution in [0.2, 0.25) is 5.02 Å². The molecule has 1 aliphatic rings. The quantitative estimate of drug-likeness (QED) is 0.624. The molecule has 0 unspecified atom stereocenters. The fourth-order valence-electron chi connectivity index (χ4n) is 2.97. The van der Waals surface area contributed by atoms with Gasteiger partial charge in [0.15, 0.2) is 0 Å². The lowest BCUT2D eigenvalue weighted by atomic mass is 10.1. The average molecular weight is 373 g/mol. The van der Waals surface area contributed by atoms with E-state index in [2.05, 4.69) is 4.90 Å². The summed E-state index contributed by atoms with van der Waals surface area (Å²) in [4.78, 5) is 14.2. The number of aliphatic hydroxyl groups is 1. The van der Waals surface area contributed by atoms with Crippen LogP contribution < -0.4 is 4.90 Å². The molecule has 5 nitrogen and oxygen atoms in total. The Hall–Kier alpha value is -2.34. The molecule has 1 fully saturated rings. The Morgan fingerprint density at radius 2 is 1.96 bits per heavy atom. The van der Waals surface area contributed by atoms with Crippen molar-refractivity contribution in [1.82, 2.24) is 5.06 Å². The van der Waals surface area contributed by atoms with Crippen LogP contribution in [0.15, 0.2) is 54.7 Å². The second-order valence-electron chi connectivity index (χ2n) is 6.30. The van der Waals surface area contributed by atoms with Gasteiger partial charge in [-0.05, 0) is 41.8 Å². The summed E-state index contributed by atoms with van der Waals surface area (Å²) in [7, 11) is 0. The number of para-hydroxylation sites is 1. The molecule has 26 heavy (non-hydrogen) atoms. The van der Waals surface area contributed by atoms with Crippen molar-refractivity contribution in [3.63, 3.8) is 0 Å². The zero-order valence-corrected chi connectivity index (χ0v) is 15.0. The lowest BCUT2D eigenvalue weighted by Gasteiger charge is -2.20. The summed E-state index contributed by atoms with van der Waals surface area (Å²) >= 11 is 5.83. The van der Waals surface area contributed by atoms with Gasteiger partial charge >= 0.3 is 0 Å². The van der Waals surface area contributed by atoms with Gasteiger partial charge in [0.2, 0.25) is 0 Å². The van der Waals surface area contributed by atoms with E-state index in [-0.39, 0.29) is 12.5 Å². The van der Waals surface area contributed by atoms with Crippen LogP contribution in [0.1, 0.15) is 17.5 Å². The number of carbonyl (C=O) groups is 1. The van der Waals surface area contributed by atoms with E-state index in [4.69, 9.17) is 11.6 Å². The SMILES string of the molecule is O=C(Cc1ccc(Cl)cc1)N(O)C=Cc1ccccc1N1CC[C@H](O)C1. The molecule has 6 heteroatoms. The summed E-state index contributed by atoms with van der Waals surface area (Å²) in [6, 6.07) is 14.6. The van der Waals surface area contributed by atoms with Crippen LogP contribution in [0.3, 0.4) is 0 Å². The molecule has 2 N–H and O–H groups in total. The summed E-state index contributed by atoms with van der Waals surface area (Å²) < 4.78 is 0. The molecule has 1 saturated heterocycles. The molecule has 0 bridgehead atoms. The third kappa shape index (κ3) is 4.64. The minimum absolute atomic E-state index is 0.0813. The highest BCUT2D eigenvalue weighted by Crippen LogP contribution is 2.25. The average Bonchev–Trinajstić information content (AvgIpc) is 3.08. The molecule has 3 rings (SSSR count). The Bertz CT molecular complexity index is 792. The molecule has 2 aromatic rings. The van der Waals surface area contributed by atoms with Gasteiger partial charge in [-0.15, -0.1) is 0 Å². The second-order valence-corrected chi connectivity index (χ2v) is 6.74. The molecule has 0 aliphatic carbocycles. The molecule has 0 saturated carbocycles. The number of amides is 1. The number of carbonyl (C=O) groups excluding carboxylic acids is 1. The van der Waals surface area contributed by atoms with Crippen molar-refractivity contribution in [2.45, 2.75) is 18.9 Å². The van der Waals surface area contributed by atoms with E-state index in [1.54, 1.807) is 30.3 Å². The van der Waals surface area contributed by atoms with E-state index < -0.39 is 5.91 Å². The maximum absolute atomic E-state index is 12.2. The van der Waals surface area contributed by atoms with Gasteiger partial charge in [-0.25, -0.2) is 0 Å². The van der Waals surface area contributed by atoms with Gasteiger partial charge < -0.3 is 10.0 Å². The molecular formula is C20H21ClN2O3. The lowest BCUT2D eigenvalue weighted by molar-refractivity contribution is -0.153. The number of β-amino-alcohol motifs (C(OH)–C–C–N with tert-alkyl or cyclic N) is 1. The van der Waals surface area contributed by atoms with Crippen LogP contribution in [0.4, 0.5) is 5.69 Å². The molecule has 1 aliphatic heterocycles. The summed E-state index contributed by atoms with van der Waals surface area (Å²) in [5, 5.41) is 21.0. The van der Waals surface area contributed by atoms with Crippen molar-refractivity contribution in [3.05, 3.63) is 70.9 Å². The molecule has 2 aromatic carbocycles. The fraction of sp³-hybridized carbons (Fsp3) is 0.250. The van der Waals surface area contributed by atoms with Gasteiger partial charge in [0.25, 0.3) is 5.91 Å². The highest BCUT2D eigenvalue weighted by Gasteiger charge is 2.21. The number of benzene rings is 2. The first-order valence-corrected chi connectivity index (χ1v) is 8.86. The van der Waals surface area contributed by atoms with Gasteiger partial charge in [-0.1, -0.05) is 41.9 Å². The first-order valence-electron chi connectivity index (χ1n) is 8.48. The Morgan fingerprint density at radius 3 is 2.65 bits per heavy atom. The van der Waals surface area contributed by atoms with Gasteiger partial charge in [0, 0.05) is 30.0 Å². The van der Waals surface area contributed by atoms with E-state index in [0.717, 1.165) is 29.8 Å². The first kappa shape index (κ1) is 18.5. The van der Waals surface area contributed by atoms with Crippen LogP contribution in [-0.2, 0) is 11.2 Å². The van der Waals surface area contributed by atoms with Crippen molar-refractivity contribution in [1.29, 1.82) is 0 Å². The number of halogens is 1. The van der Waals surface area contributed by atoms with Crippen molar-refractivity contribution < 1.29 is 15.1 Å². The highest BCUT2D eigenvalue weighted by molar-refractivity contribution is 6.30. The van der Waals surface area contributed by atoms with Crippen LogP contribution in [0.25, 0.3) is 6.08 Å². The van der Waals surface area contributed by atoms with Crippen molar-refractivity contribution in [2.24, 2.45) is 0 Å². The molecule has 0 spiro atoms. The summed E-state index contributed by atoms with van der Waals surface area (Å²) in [5.74, 6) is -0.433. The number of anilines is 1. The predicted octanol–water partition coefficient (Wildman–Crippen LogP) is 3.34. The predicted molar refractivity (Wildman–Crippen MR) is 102 cm³/mol. The maximum Gasteiger partial charge on any atom is 0.254 e. The smallest absolute Gasteiger partial charge is 0.254 e. The normalized spacial score (nSPS) is 17.0. The molecular weight excluding hydrogens is 352 g/mol. The van der Waals surface area contributed by atoms with Crippen molar-refractivity contribution >= 4 is 29.3 Å². The summed E-state index contributed by atoms with van der Waals surface area (Å²) in [5.41, 5.74) is 2.62. The zero-order valence-electron chi connectivity index (χ0n) is 14.3. The molecule has 136 valence electrons. The lowest BCUT2D eigenvalue weighted by Crippen LogP contribution is -2.24. The summed E-state index contributed by atoms with van der Waals surface area (Å²) in [6.45, 7) is 1.37. The van der Waals surface area contributed by atoms with Gasteiger partial charge in [-0.2, -0.15) is 5.06 Å². The molecule has 0 radical (unpaired) electrons. The monoisotopic (exact) mass is 372 g/mol. The number of hydroxylamine groups is 2. The van der Waals surface area contributed by atoms with Crippen molar-refractivity contribution in [2.75, 3.05) is 18.0 Å². The molecule has 1 heterocycles. The van der Waals surface area contributed by atoms with Crippen LogP contribution >= 0.6 is 11.6 Å². The first-order chi connectivity index (χ1) is 12.5. The number of hydrogen-bond acceptors (Lipinski definition) is 4. The largest absolute Gasteiger partial charge is 0.391 e. The standard InChI is InChI=1S/C20H21ClN2O3/c21-17-7-5-15(6-8-17)13-20(25)23(26)12-9-16-3-1-2-4-19(16)22-11-10-18(24)14-22/h1-9,12,18,24,26H,10-11,13-14H2/t18-/m0/s1. The summed E-state index contributed by atoms with van der Waals surface area (Å²) in [6.07, 6.45) is 3.55. The number of aliphatic hydroxyl groups excluding tert-OH is 1. The fourth-order valence-corrected chi connectivity index (χ4v) is 3.09. The third-order valence-electron chi connectivity index (χ3n) is 4.36. The van der Waals surface area contributed by atoms with Crippen LogP contribution in [0.5, 0.6) is 0 Å². The number of nitrogens with zero attached hydrogens (tertiary/aromatic N) is 2. The van der Waals surface area contributed by atoms with Gasteiger partial charge in [-0.3, -0.25) is 10.0 Å². The topological polar surface area (TPSA) is 64.0 Å². The number of rotatable bonds is 5. The Balaban J connectivity index is 1.67. The molecule has 0 aromatic heterocycles. The molecule has 1 amide bonds. The van der Waals surface area contributed by atoms with Gasteiger partial charge in [0.1, 0.15) is 0 Å². The van der Waals surface area contributed by atoms with Crippen LogP contribution in [-0.4, -0.2) is 40.5 Å². The minimum atomic E-state index is -0.433. The van der Waals surface area contributed by atoms with Crippen LogP contribution in [0, 0.1) is 0 Å². The minimum Gasteiger partial charge on any atom is -0.391 e. The number of hydrogen-bond donors (Lipinski definition) is 2. The van der Waals surface area contributed by atoms with E-state index in [9.17, 15) is 15.1 Å². The Labute approximate surface area is 157 Å². The van der Waals surface area contributed by atoms with E-state index in [1.165, 1.54) is 6.20 Å². The van der Waals surface area contributed by atoms with E-state index in [0.29, 0.717) is 16.6 Å². The molecule has 1 atom stereocenters. The van der Waals surface area contributed by atoms with E-state index >= 15 is 0 Å². The zero-order chi connectivity index (χ0) is 18.5. The second kappa shape index (κ2) is 8.36. The Kier molecular flexibility index (Phi) is 5.93. The van der Waals surface area contributed by atoms with E-state index in [1.807, 2.05) is 24.3 Å². The van der Waals surface area contributed by atoms with Crippen molar-refractivity contribution in [3.8, 4) is 0 Å². The highest BCUT2D eigenvalue weighted by atomic mass is 35.5. The Morgan fingerprint density at radius 1 is 1.23 bits per heavy atom. The third-order valence-corrected chi connectivity index (χ3v) is 4.61. The van der Waals surface area contributed by atoms with Gasteiger partial charge in [0.05, 0.1) is 12.5 Å².